The minimum Gasteiger partial charge on any atom is -0.507 e. The molecule has 1 N–H and O–H groups in total. The van der Waals surface area contributed by atoms with Crippen molar-refractivity contribution in [2.24, 2.45) is 4.99 Å². The lowest BCUT2D eigenvalue weighted by Crippen LogP contribution is -2.40. The Morgan fingerprint density at radius 3 is 2.59 bits per heavy atom. The molecule has 1 atom stereocenters. The first-order valence-corrected chi connectivity index (χ1v) is 11.7. The van der Waals surface area contributed by atoms with Crippen LogP contribution in [0.4, 0.5) is 0 Å². The summed E-state index contributed by atoms with van der Waals surface area (Å²) in [5.41, 5.74) is 1.55. The molecule has 2 heterocycles. The van der Waals surface area contributed by atoms with E-state index >= 15 is 0 Å². The lowest BCUT2D eigenvalue weighted by Gasteiger charge is -2.25. The minimum absolute atomic E-state index is 0.000629. The quantitative estimate of drug-likeness (QED) is 0.543. The predicted molar refractivity (Wildman–Crippen MR) is 131 cm³/mol. The van der Waals surface area contributed by atoms with Crippen LogP contribution in [0.15, 0.2) is 63.5 Å². The largest absolute Gasteiger partial charge is 0.507 e. The first kappa shape index (κ1) is 23.8. The van der Waals surface area contributed by atoms with E-state index in [1.807, 2.05) is 12.1 Å². The molecule has 7 nitrogen and oxygen atoms in total. The van der Waals surface area contributed by atoms with Crippen LogP contribution in [0, 0.1) is 0 Å². The van der Waals surface area contributed by atoms with E-state index < -0.39 is 12.0 Å². The molecule has 0 aliphatic carbocycles. The Kier molecular flexibility index (Phi) is 6.63. The molecule has 0 saturated heterocycles. The number of phenolic OH excluding ortho intramolecular Hbond substituents is 1. The number of esters is 1. The number of rotatable bonds is 5. The van der Waals surface area contributed by atoms with Crippen molar-refractivity contribution in [2.45, 2.75) is 32.9 Å². The van der Waals surface area contributed by atoms with Crippen LogP contribution in [0.3, 0.4) is 0 Å². The number of aromatic hydroxyl groups is 1. The van der Waals surface area contributed by atoms with Gasteiger partial charge >= 0.3 is 5.97 Å². The number of aromatic nitrogens is 1. The second-order valence-electron chi connectivity index (χ2n) is 8.01. The number of allylic oxidation sites excluding steroid dienone is 1. The van der Waals surface area contributed by atoms with Gasteiger partial charge in [-0.2, -0.15) is 0 Å². The average molecular weight is 499 g/mol. The summed E-state index contributed by atoms with van der Waals surface area (Å²) < 4.78 is 12.6. The van der Waals surface area contributed by atoms with Gasteiger partial charge in [0, 0.05) is 10.6 Å². The maximum Gasteiger partial charge on any atom is 0.338 e. The first-order chi connectivity index (χ1) is 16.2. The Morgan fingerprint density at radius 2 is 1.94 bits per heavy atom. The van der Waals surface area contributed by atoms with Crippen LogP contribution >= 0.6 is 22.9 Å². The van der Waals surface area contributed by atoms with Gasteiger partial charge in [0.25, 0.3) is 5.56 Å². The van der Waals surface area contributed by atoms with Gasteiger partial charge in [-0.05, 0) is 62.7 Å². The number of ether oxygens (including phenoxy) is 2. The highest BCUT2D eigenvalue weighted by Crippen LogP contribution is 2.32. The van der Waals surface area contributed by atoms with E-state index in [4.69, 9.17) is 21.1 Å². The van der Waals surface area contributed by atoms with Gasteiger partial charge in [-0.3, -0.25) is 9.36 Å². The van der Waals surface area contributed by atoms with E-state index in [1.165, 1.54) is 22.0 Å². The molecule has 1 aliphatic heterocycles. The van der Waals surface area contributed by atoms with Crippen LogP contribution in [-0.2, 0) is 9.53 Å². The van der Waals surface area contributed by atoms with Crippen LogP contribution in [0.25, 0.3) is 6.08 Å². The fourth-order valence-corrected chi connectivity index (χ4v) is 4.96. The summed E-state index contributed by atoms with van der Waals surface area (Å²) >= 11 is 7.24. The Balaban J connectivity index is 1.95. The Labute approximate surface area is 204 Å². The standard InChI is InChI=1S/C25H23ClN2O5S/c1-13(2)33-24(31)21-14(3)27-25-28(22(21)15-5-8-18(32-4)9-6-15)23(30)20(34-25)12-16-11-17(26)7-10-19(16)29/h5-13,22,29H,1-4H3/b20-12-. The van der Waals surface area contributed by atoms with E-state index in [1.54, 1.807) is 58.2 Å². The molecule has 0 spiro atoms. The van der Waals surface area contributed by atoms with Gasteiger partial charge in [0.1, 0.15) is 11.5 Å². The molecule has 0 radical (unpaired) electrons. The lowest BCUT2D eigenvalue weighted by molar-refractivity contribution is -0.143. The summed E-state index contributed by atoms with van der Waals surface area (Å²) in [6, 6.07) is 11.0. The highest BCUT2D eigenvalue weighted by Gasteiger charge is 2.33. The molecule has 176 valence electrons. The zero-order chi connectivity index (χ0) is 24.6. The number of hydrogen-bond acceptors (Lipinski definition) is 7. The SMILES string of the molecule is COc1ccc(C2C(C(=O)OC(C)C)=C(C)N=c3s/c(=C\c4cc(Cl)ccc4O)c(=O)n32)cc1. The molecule has 0 saturated carbocycles. The third kappa shape index (κ3) is 4.51. The number of halogens is 1. The smallest absolute Gasteiger partial charge is 0.338 e. The molecule has 2 aromatic carbocycles. The van der Waals surface area contributed by atoms with E-state index in [-0.39, 0.29) is 17.4 Å². The van der Waals surface area contributed by atoms with E-state index in [2.05, 4.69) is 4.99 Å². The van der Waals surface area contributed by atoms with Gasteiger partial charge in [0.05, 0.1) is 35.1 Å². The Hall–Kier alpha value is -3.36. The molecule has 1 aliphatic rings. The molecule has 1 unspecified atom stereocenters. The molecule has 1 aromatic heterocycles. The first-order valence-electron chi connectivity index (χ1n) is 10.6. The highest BCUT2D eigenvalue weighted by molar-refractivity contribution is 7.07. The van der Waals surface area contributed by atoms with Crippen LogP contribution in [0.1, 0.15) is 37.9 Å². The van der Waals surface area contributed by atoms with Crippen LogP contribution in [-0.4, -0.2) is 28.9 Å². The Morgan fingerprint density at radius 1 is 1.24 bits per heavy atom. The van der Waals surface area contributed by atoms with Crippen molar-refractivity contribution in [3.63, 3.8) is 0 Å². The molecule has 34 heavy (non-hydrogen) atoms. The number of phenols is 1. The number of benzene rings is 2. The molecule has 0 bridgehead atoms. The van der Waals surface area contributed by atoms with Crippen molar-refractivity contribution in [1.29, 1.82) is 0 Å². The zero-order valence-electron chi connectivity index (χ0n) is 19.0. The van der Waals surface area contributed by atoms with Gasteiger partial charge in [0.15, 0.2) is 4.80 Å². The highest BCUT2D eigenvalue weighted by atomic mass is 35.5. The predicted octanol–water partition coefficient (Wildman–Crippen LogP) is 3.55. The number of fused-ring (bicyclic) bond motifs is 1. The number of nitrogens with zero attached hydrogens (tertiary/aromatic N) is 2. The van der Waals surface area contributed by atoms with Gasteiger partial charge < -0.3 is 14.6 Å². The summed E-state index contributed by atoms with van der Waals surface area (Å²) in [6.07, 6.45) is 1.24. The summed E-state index contributed by atoms with van der Waals surface area (Å²) in [5.74, 6) is 0.123. The van der Waals surface area contributed by atoms with Crippen molar-refractivity contribution in [2.75, 3.05) is 7.11 Å². The second-order valence-corrected chi connectivity index (χ2v) is 9.46. The molecule has 4 rings (SSSR count). The summed E-state index contributed by atoms with van der Waals surface area (Å²) in [5, 5.41) is 10.6. The van der Waals surface area contributed by atoms with E-state index in [9.17, 15) is 14.7 Å². The van der Waals surface area contributed by atoms with Crippen molar-refractivity contribution in [1.82, 2.24) is 4.57 Å². The number of carbonyl (C=O) groups excluding carboxylic acids is 1. The minimum atomic E-state index is -0.733. The molecular weight excluding hydrogens is 476 g/mol. The topological polar surface area (TPSA) is 90.1 Å². The van der Waals surface area contributed by atoms with Crippen LogP contribution in [0.2, 0.25) is 5.02 Å². The molecule has 0 fully saturated rings. The molecular formula is C25H23ClN2O5S. The normalized spacial score (nSPS) is 15.8. The third-order valence-corrected chi connectivity index (χ3v) is 6.51. The maximum atomic E-state index is 13.6. The maximum absolute atomic E-state index is 13.6. The summed E-state index contributed by atoms with van der Waals surface area (Å²) in [6.45, 7) is 5.26. The van der Waals surface area contributed by atoms with Crippen molar-refractivity contribution >= 4 is 35.0 Å². The van der Waals surface area contributed by atoms with Crippen molar-refractivity contribution in [3.05, 3.63) is 89.6 Å². The number of thiazole rings is 1. The molecule has 9 heteroatoms. The van der Waals surface area contributed by atoms with Gasteiger partial charge in [-0.25, -0.2) is 9.79 Å². The molecule has 3 aromatic rings. The van der Waals surface area contributed by atoms with Gasteiger partial charge in [0.2, 0.25) is 0 Å². The second kappa shape index (κ2) is 9.48. The fourth-order valence-electron chi connectivity index (χ4n) is 3.74. The van der Waals surface area contributed by atoms with Crippen LogP contribution in [0.5, 0.6) is 11.5 Å². The summed E-state index contributed by atoms with van der Waals surface area (Å²) in [7, 11) is 1.57. The summed E-state index contributed by atoms with van der Waals surface area (Å²) in [4.78, 5) is 31.7. The fraction of sp³-hybridized carbons (Fsp3) is 0.240. The zero-order valence-corrected chi connectivity index (χ0v) is 20.6. The Bertz CT molecular complexity index is 1470. The van der Waals surface area contributed by atoms with Crippen molar-refractivity contribution < 1.29 is 19.4 Å². The van der Waals surface area contributed by atoms with E-state index in [0.29, 0.717) is 42.5 Å². The van der Waals surface area contributed by atoms with Crippen LogP contribution < -0.4 is 19.6 Å². The number of hydrogen-bond donors (Lipinski definition) is 1. The number of carbonyl (C=O) groups is 1. The number of methoxy groups -OCH3 is 1. The van der Waals surface area contributed by atoms with Gasteiger partial charge in [-0.15, -0.1) is 0 Å². The molecule has 0 amide bonds. The van der Waals surface area contributed by atoms with Crippen molar-refractivity contribution in [3.8, 4) is 11.5 Å². The van der Waals surface area contributed by atoms with E-state index in [0.717, 1.165) is 0 Å². The monoisotopic (exact) mass is 498 g/mol. The average Bonchev–Trinajstić information content (AvgIpc) is 3.09. The third-order valence-electron chi connectivity index (χ3n) is 5.29. The van der Waals surface area contributed by atoms with Gasteiger partial charge in [-0.1, -0.05) is 35.1 Å². The lowest BCUT2D eigenvalue weighted by atomic mass is 9.96.